The van der Waals surface area contributed by atoms with Gasteiger partial charge >= 0.3 is 0 Å². The molecule has 0 aliphatic carbocycles. The van der Waals surface area contributed by atoms with Crippen molar-refractivity contribution in [3.63, 3.8) is 0 Å². The number of aromatic nitrogens is 2. The summed E-state index contributed by atoms with van der Waals surface area (Å²) in [5, 5.41) is 1.94. The molecule has 1 aliphatic heterocycles. The van der Waals surface area contributed by atoms with E-state index in [-0.39, 0.29) is 5.91 Å². The summed E-state index contributed by atoms with van der Waals surface area (Å²) in [4.78, 5) is 20.6. The van der Waals surface area contributed by atoms with Crippen molar-refractivity contribution >= 4 is 22.2 Å². The van der Waals surface area contributed by atoms with Crippen LogP contribution in [-0.4, -0.2) is 33.3 Å². The molecule has 0 radical (unpaired) electrons. The van der Waals surface area contributed by atoms with E-state index in [2.05, 4.69) is 45.0 Å². The normalized spacial score (nSPS) is 21.0. The molecule has 1 amide bonds. The van der Waals surface area contributed by atoms with Gasteiger partial charge in [-0.25, -0.2) is 4.98 Å². The third-order valence-corrected chi connectivity index (χ3v) is 5.77. The number of likely N-dealkylation sites (tertiary alicyclic amines) is 1. The minimum atomic E-state index is 0.123. The molecule has 3 heterocycles. The van der Waals surface area contributed by atoms with Gasteiger partial charge in [0.15, 0.2) is 4.96 Å². The van der Waals surface area contributed by atoms with Crippen molar-refractivity contribution in [2.75, 3.05) is 13.1 Å². The largest absolute Gasteiger partial charge is 0.337 e. The molecule has 5 heteroatoms. The smallest absolute Gasteiger partial charge is 0.271 e. The van der Waals surface area contributed by atoms with E-state index < -0.39 is 0 Å². The van der Waals surface area contributed by atoms with Crippen molar-refractivity contribution in [3.05, 3.63) is 47.1 Å². The van der Waals surface area contributed by atoms with Crippen molar-refractivity contribution < 1.29 is 4.79 Å². The third-order valence-electron chi connectivity index (χ3n) is 4.93. The topological polar surface area (TPSA) is 37.6 Å². The van der Waals surface area contributed by atoms with Gasteiger partial charge in [-0.2, -0.15) is 0 Å². The molecule has 2 atom stereocenters. The molecule has 1 saturated heterocycles. The Hall–Kier alpha value is -2.14. The van der Waals surface area contributed by atoms with Crippen LogP contribution in [0.15, 0.2) is 35.8 Å². The molecule has 1 aromatic carbocycles. The molecule has 3 aromatic rings. The zero-order chi connectivity index (χ0) is 17.6. The molecule has 1 aliphatic rings. The van der Waals surface area contributed by atoms with Crippen LogP contribution in [0.1, 0.15) is 36.3 Å². The lowest BCUT2D eigenvalue weighted by Crippen LogP contribution is -2.42. The maximum Gasteiger partial charge on any atom is 0.271 e. The third kappa shape index (κ3) is 3.09. The summed E-state index contributed by atoms with van der Waals surface area (Å²) in [7, 11) is 0. The zero-order valence-corrected chi connectivity index (χ0v) is 15.7. The van der Waals surface area contributed by atoms with Gasteiger partial charge in [0, 0.05) is 30.2 Å². The fraction of sp³-hybridized carbons (Fsp3) is 0.400. The molecule has 1 fully saturated rings. The second kappa shape index (κ2) is 6.30. The van der Waals surface area contributed by atoms with E-state index >= 15 is 0 Å². The number of carbonyl (C=O) groups is 1. The van der Waals surface area contributed by atoms with Gasteiger partial charge in [-0.1, -0.05) is 43.7 Å². The molecular formula is C20H23N3OS. The second-order valence-corrected chi connectivity index (χ2v) is 8.26. The van der Waals surface area contributed by atoms with Gasteiger partial charge in [0.25, 0.3) is 5.91 Å². The highest BCUT2D eigenvalue weighted by Gasteiger charge is 2.28. The van der Waals surface area contributed by atoms with Gasteiger partial charge in [0.05, 0.1) is 5.69 Å². The van der Waals surface area contributed by atoms with Gasteiger partial charge in [-0.05, 0) is 25.2 Å². The fourth-order valence-corrected chi connectivity index (χ4v) is 4.64. The first-order valence-electron chi connectivity index (χ1n) is 8.84. The number of thiazole rings is 1. The number of rotatable bonds is 2. The van der Waals surface area contributed by atoms with Crippen molar-refractivity contribution in [1.82, 2.24) is 14.3 Å². The maximum atomic E-state index is 13.0. The number of piperidine rings is 1. The number of aryl methyl sites for hydroxylation is 1. The van der Waals surface area contributed by atoms with Gasteiger partial charge in [-0.3, -0.25) is 9.20 Å². The highest BCUT2D eigenvalue weighted by molar-refractivity contribution is 7.15. The van der Waals surface area contributed by atoms with E-state index in [1.165, 1.54) is 23.3 Å². The highest BCUT2D eigenvalue weighted by atomic mass is 32.1. The fourth-order valence-electron chi connectivity index (χ4n) is 3.79. The number of amides is 1. The Kier molecular flexibility index (Phi) is 4.12. The Morgan fingerprint density at radius 3 is 2.52 bits per heavy atom. The van der Waals surface area contributed by atoms with Crippen LogP contribution in [0.25, 0.3) is 16.2 Å². The van der Waals surface area contributed by atoms with Crippen molar-refractivity contribution in [1.29, 1.82) is 0 Å². The number of hydrogen-bond acceptors (Lipinski definition) is 3. The van der Waals surface area contributed by atoms with Crippen LogP contribution in [0.3, 0.4) is 0 Å². The Morgan fingerprint density at radius 1 is 1.16 bits per heavy atom. The highest BCUT2D eigenvalue weighted by Crippen LogP contribution is 2.27. The SMILES string of the molecule is Cc1ccc(-c2cn3c(C(=O)N4CC(C)CC(C)C4)csc3n2)cc1. The summed E-state index contributed by atoms with van der Waals surface area (Å²) < 4.78 is 1.95. The van der Waals surface area contributed by atoms with E-state index in [4.69, 9.17) is 4.98 Å². The van der Waals surface area contributed by atoms with Crippen molar-refractivity contribution in [2.24, 2.45) is 11.8 Å². The van der Waals surface area contributed by atoms with Crippen molar-refractivity contribution in [3.8, 4) is 11.3 Å². The standard InChI is InChI=1S/C20H23N3OS/c1-13-4-6-16(7-5-13)17-11-23-18(12-25-20(23)21-17)19(24)22-9-14(2)8-15(3)10-22/h4-7,11-12,14-15H,8-10H2,1-3H3. The van der Waals surface area contributed by atoms with Crippen LogP contribution in [-0.2, 0) is 0 Å². The predicted octanol–water partition coefficient (Wildman–Crippen LogP) is 4.49. The first-order chi connectivity index (χ1) is 12.0. The number of hydrogen-bond donors (Lipinski definition) is 0. The quantitative estimate of drug-likeness (QED) is 0.681. The molecule has 2 unspecified atom stereocenters. The number of fused-ring (bicyclic) bond motifs is 1. The Balaban J connectivity index is 1.66. The van der Waals surface area contributed by atoms with Crippen LogP contribution in [0, 0.1) is 18.8 Å². The minimum absolute atomic E-state index is 0.123. The molecule has 4 nitrogen and oxygen atoms in total. The number of carbonyl (C=O) groups excluding carboxylic acids is 1. The average molecular weight is 353 g/mol. The molecule has 0 bridgehead atoms. The first kappa shape index (κ1) is 16.3. The van der Waals surface area contributed by atoms with Crippen molar-refractivity contribution in [2.45, 2.75) is 27.2 Å². The van der Waals surface area contributed by atoms with E-state index in [0.717, 1.165) is 35.0 Å². The van der Waals surface area contributed by atoms with Crippen LogP contribution < -0.4 is 0 Å². The van der Waals surface area contributed by atoms with E-state index in [0.29, 0.717) is 11.8 Å². The lowest BCUT2D eigenvalue weighted by atomic mass is 9.92. The Morgan fingerprint density at radius 2 is 1.84 bits per heavy atom. The molecular weight excluding hydrogens is 330 g/mol. The summed E-state index contributed by atoms with van der Waals surface area (Å²) in [6.07, 6.45) is 3.19. The lowest BCUT2D eigenvalue weighted by molar-refractivity contribution is 0.0616. The number of imidazole rings is 1. The molecule has 0 saturated carbocycles. The van der Waals surface area contributed by atoms with E-state index in [1.807, 2.05) is 20.9 Å². The summed E-state index contributed by atoms with van der Waals surface area (Å²) in [5.41, 5.74) is 3.96. The summed E-state index contributed by atoms with van der Waals surface area (Å²) in [5.74, 6) is 1.25. The lowest BCUT2D eigenvalue weighted by Gasteiger charge is -2.34. The molecule has 4 rings (SSSR count). The summed E-state index contributed by atoms with van der Waals surface area (Å²) >= 11 is 1.53. The Bertz CT molecular complexity index is 899. The second-order valence-electron chi connectivity index (χ2n) is 7.42. The van der Waals surface area contributed by atoms with Gasteiger partial charge in [0.2, 0.25) is 0 Å². The molecule has 0 N–H and O–H groups in total. The summed E-state index contributed by atoms with van der Waals surface area (Å²) in [6.45, 7) is 8.23. The molecule has 2 aromatic heterocycles. The van der Waals surface area contributed by atoms with Crippen LogP contribution >= 0.6 is 11.3 Å². The maximum absolute atomic E-state index is 13.0. The molecule has 130 valence electrons. The van der Waals surface area contributed by atoms with Gasteiger partial charge in [-0.15, -0.1) is 11.3 Å². The molecule has 0 spiro atoms. The zero-order valence-electron chi connectivity index (χ0n) is 14.9. The Labute approximate surface area is 152 Å². The number of nitrogens with zero attached hydrogens (tertiary/aromatic N) is 3. The van der Waals surface area contributed by atoms with E-state index in [9.17, 15) is 4.79 Å². The monoisotopic (exact) mass is 353 g/mol. The predicted molar refractivity (Wildman–Crippen MR) is 102 cm³/mol. The van der Waals surface area contributed by atoms with Crippen LogP contribution in [0.4, 0.5) is 0 Å². The summed E-state index contributed by atoms with van der Waals surface area (Å²) in [6, 6.07) is 8.34. The van der Waals surface area contributed by atoms with Crippen LogP contribution in [0.5, 0.6) is 0 Å². The average Bonchev–Trinajstić information content (AvgIpc) is 3.14. The number of benzene rings is 1. The van der Waals surface area contributed by atoms with Gasteiger partial charge in [0.1, 0.15) is 5.69 Å². The van der Waals surface area contributed by atoms with E-state index in [1.54, 1.807) is 0 Å². The molecule has 25 heavy (non-hydrogen) atoms. The van der Waals surface area contributed by atoms with Crippen LogP contribution in [0.2, 0.25) is 0 Å². The first-order valence-corrected chi connectivity index (χ1v) is 9.72. The minimum Gasteiger partial charge on any atom is -0.337 e. The van der Waals surface area contributed by atoms with Gasteiger partial charge < -0.3 is 4.90 Å².